The third-order valence-electron chi connectivity index (χ3n) is 7.94. The normalized spacial score (nSPS) is 23.5. The van der Waals surface area contributed by atoms with E-state index in [1.807, 2.05) is 13.8 Å². The summed E-state index contributed by atoms with van der Waals surface area (Å²) < 4.78 is 38.5. The minimum absolute atomic E-state index is 0.0109. The van der Waals surface area contributed by atoms with Gasteiger partial charge in [-0.1, -0.05) is 17.4 Å². The number of thiazole rings is 1. The van der Waals surface area contributed by atoms with Crippen LogP contribution >= 0.6 is 11.3 Å². The molecule has 2 aromatic heterocycles. The highest BCUT2D eigenvalue weighted by molar-refractivity contribution is 7.92. The molecule has 3 aliphatic rings. The van der Waals surface area contributed by atoms with Gasteiger partial charge in [-0.05, 0) is 44.9 Å². The van der Waals surface area contributed by atoms with Crippen LogP contribution in [0.5, 0.6) is 0 Å². The Labute approximate surface area is 235 Å². The molecule has 14 heteroatoms. The van der Waals surface area contributed by atoms with Gasteiger partial charge in [0.25, 0.3) is 0 Å². The van der Waals surface area contributed by atoms with Crippen LogP contribution in [0.25, 0.3) is 21.8 Å². The molecule has 11 nitrogen and oxygen atoms in total. The third-order valence-corrected chi connectivity index (χ3v) is 11.1. The van der Waals surface area contributed by atoms with Crippen LogP contribution in [-0.2, 0) is 9.84 Å². The van der Waals surface area contributed by atoms with E-state index in [0.717, 1.165) is 12.8 Å². The summed E-state index contributed by atoms with van der Waals surface area (Å²) in [5, 5.41) is 13.5. The molecule has 1 spiro atoms. The summed E-state index contributed by atoms with van der Waals surface area (Å²) in [5.41, 5.74) is 7.00. The number of aromatic nitrogens is 3. The first-order chi connectivity index (χ1) is 18.9. The Morgan fingerprint density at radius 2 is 1.88 bits per heavy atom. The third kappa shape index (κ3) is 4.72. The molecule has 1 aromatic carbocycles. The van der Waals surface area contributed by atoms with E-state index in [0.29, 0.717) is 40.4 Å². The second kappa shape index (κ2) is 9.54. The number of carboxylic acid groups (broad SMARTS) is 1. The maximum Gasteiger partial charge on any atom is 0.407 e. The highest BCUT2D eigenvalue weighted by Crippen LogP contribution is 2.50. The Hall–Kier alpha value is -3.52. The first-order valence-corrected chi connectivity index (χ1v) is 15.7. The zero-order valence-corrected chi connectivity index (χ0v) is 23.7. The highest BCUT2D eigenvalue weighted by atomic mass is 32.2. The van der Waals surface area contributed by atoms with Gasteiger partial charge in [0.15, 0.2) is 20.8 Å². The Balaban J connectivity index is 1.33. The van der Waals surface area contributed by atoms with Crippen LogP contribution in [0.4, 0.5) is 26.0 Å². The van der Waals surface area contributed by atoms with Gasteiger partial charge in [-0.2, -0.15) is 0 Å². The number of amides is 1. The van der Waals surface area contributed by atoms with Gasteiger partial charge in [0.2, 0.25) is 5.95 Å². The lowest BCUT2D eigenvalue weighted by molar-refractivity contribution is 0.128. The van der Waals surface area contributed by atoms with E-state index in [4.69, 9.17) is 15.7 Å². The lowest BCUT2D eigenvalue weighted by Crippen LogP contribution is -2.60. The van der Waals surface area contributed by atoms with Gasteiger partial charge in [-0.3, -0.25) is 0 Å². The molecule has 1 aliphatic carbocycles. The van der Waals surface area contributed by atoms with Gasteiger partial charge in [0.05, 0.1) is 33.5 Å². The summed E-state index contributed by atoms with van der Waals surface area (Å²) >= 11 is 1.36. The molecule has 0 radical (unpaired) electrons. The standard InChI is InChI=1S/C26H30FN7O4S2/c1-14-10-33(25(35)36)11-15(2)34(14)24-32-21(17-4-3-5-18(28)20(17)27)22(39-24)19-6-7-29-23(31-19)30-16-8-26(9-16)12-40(37,38)13-26/h3-7,14-16H,8-13,28H2,1-2H3,(H,35,36)(H,29,30,31)/t14-,15-/m0/s1. The molecule has 40 heavy (non-hydrogen) atoms. The zero-order valence-electron chi connectivity index (χ0n) is 22.0. The van der Waals surface area contributed by atoms with Crippen LogP contribution in [-0.4, -0.2) is 82.2 Å². The van der Waals surface area contributed by atoms with E-state index in [2.05, 4.69) is 15.2 Å². The topological polar surface area (TPSA) is 155 Å². The van der Waals surface area contributed by atoms with Gasteiger partial charge < -0.3 is 26.0 Å². The van der Waals surface area contributed by atoms with Gasteiger partial charge in [0.1, 0.15) is 0 Å². The quantitative estimate of drug-likeness (QED) is 0.378. The molecule has 212 valence electrons. The van der Waals surface area contributed by atoms with Gasteiger partial charge in [0, 0.05) is 48.4 Å². The zero-order chi connectivity index (χ0) is 28.4. The predicted octanol–water partition coefficient (Wildman–Crippen LogP) is 3.55. The number of nitrogens with two attached hydrogens (primary N) is 1. The van der Waals surface area contributed by atoms with Gasteiger partial charge >= 0.3 is 6.09 Å². The number of carbonyl (C=O) groups is 1. The molecule has 3 aromatic rings. The van der Waals surface area contributed by atoms with E-state index < -0.39 is 21.7 Å². The van der Waals surface area contributed by atoms with Crippen molar-refractivity contribution in [1.29, 1.82) is 0 Å². The number of anilines is 3. The van der Waals surface area contributed by atoms with Crippen molar-refractivity contribution in [3.8, 4) is 21.8 Å². The Morgan fingerprint density at radius 1 is 1.18 bits per heavy atom. The first-order valence-electron chi connectivity index (χ1n) is 13.1. The van der Waals surface area contributed by atoms with Crippen LogP contribution < -0.4 is 16.0 Å². The van der Waals surface area contributed by atoms with Crippen molar-refractivity contribution in [1.82, 2.24) is 19.9 Å². The average Bonchev–Trinajstić information content (AvgIpc) is 3.28. The van der Waals surface area contributed by atoms with Gasteiger partial charge in [-0.25, -0.2) is 32.6 Å². The van der Waals surface area contributed by atoms with E-state index in [9.17, 15) is 18.3 Å². The molecule has 2 atom stereocenters. The number of nitrogens with zero attached hydrogens (tertiary/aromatic N) is 5. The molecule has 3 fully saturated rings. The fourth-order valence-electron chi connectivity index (χ4n) is 6.32. The van der Waals surface area contributed by atoms with Crippen molar-refractivity contribution >= 4 is 44.0 Å². The number of nitrogens with one attached hydrogen (secondary N) is 1. The molecule has 4 heterocycles. The number of hydrogen-bond acceptors (Lipinski definition) is 10. The van der Waals surface area contributed by atoms with E-state index >= 15 is 4.39 Å². The number of hydrogen-bond donors (Lipinski definition) is 3. The van der Waals surface area contributed by atoms with E-state index in [-0.39, 0.29) is 46.3 Å². The average molecular weight is 588 g/mol. The molecule has 1 amide bonds. The van der Waals surface area contributed by atoms with Crippen LogP contribution in [0.1, 0.15) is 26.7 Å². The van der Waals surface area contributed by atoms with Crippen molar-refractivity contribution in [2.24, 2.45) is 5.41 Å². The van der Waals surface area contributed by atoms with E-state index in [1.54, 1.807) is 24.4 Å². The second-order valence-corrected chi connectivity index (χ2v) is 14.3. The summed E-state index contributed by atoms with van der Waals surface area (Å²) in [5.74, 6) is 0.329. The molecule has 0 bridgehead atoms. The number of benzene rings is 1. The molecular formula is C26H30FN7O4S2. The second-order valence-electron chi connectivity index (χ2n) is 11.2. The smallest absolute Gasteiger partial charge is 0.407 e. The first kappa shape index (κ1) is 26.7. The van der Waals surface area contributed by atoms with Crippen molar-refractivity contribution in [2.45, 2.75) is 44.8 Å². The number of sulfone groups is 1. The Bertz CT molecular complexity index is 1570. The van der Waals surface area contributed by atoms with Crippen molar-refractivity contribution in [3.05, 3.63) is 36.3 Å². The van der Waals surface area contributed by atoms with Crippen LogP contribution in [0.2, 0.25) is 0 Å². The number of nitrogen functional groups attached to an aromatic ring is 1. The summed E-state index contributed by atoms with van der Waals surface area (Å²) in [6.45, 7) is 4.53. The predicted molar refractivity (Wildman–Crippen MR) is 152 cm³/mol. The number of piperazine rings is 1. The van der Waals surface area contributed by atoms with Crippen molar-refractivity contribution in [3.63, 3.8) is 0 Å². The lowest BCUT2D eigenvalue weighted by atomic mass is 9.67. The molecule has 0 unspecified atom stereocenters. The molecule has 2 aliphatic heterocycles. The molecule has 2 saturated heterocycles. The van der Waals surface area contributed by atoms with Crippen LogP contribution in [0, 0.1) is 11.2 Å². The van der Waals surface area contributed by atoms with Crippen molar-refractivity contribution < 1.29 is 22.7 Å². The van der Waals surface area contributed by atoms with Crippen molar-refractivity contribution in [2.75, 3.05) is 40.5 Å². The fraction of sp³-hybridized carbons (Fsp3) is 0.462. The SMILES string of the molecule is C[C@H]1CN(C(=O)O)C[C@H](C)N1c1nc(-c2cccc(N)c2F)c(-c2ccnc(NC3CC4(C3)CS(=O)(=O)C4)n2)s1. The van der Waals surface area contributed by atoms with E-state index in [1.165, 1.54) is 22.3 Å². The highest BCUT2D eigenvalue weighted by Gasteiger charge is 2.56. The summed E-state index contributed by atoms with van der Waals surface area (Å²) in [6.07, 6.45) is 2.17. The monoisotopic (exact) mass is 587 g/mol. The molecule has 6 rings (SSSR count). The summed E-state index contributed by atoms with van der Waals surface area (Å²) in [7, 11) is -2.89. The minimum atomic E-state index is -2.89. The lowest BCUT2D eigenvalue weighted by Gasteiger charge is -2.53. The Morgan fingerprint density at radius 3 is 2.52 bits per heavy atom. The summed E-state index contributed by atoms with van der Waals surface area (Å²) in [6, 6.07) is 6.32. The van der Waals surface area contributed by atoms with Gasteiger partial charge in [-0.15, -0.1) is 0 Å². The number of halogens is 1. The molecule has 1 saturated carbocycles. The maximum absolute atomic E-state index is 15.3. The molecule has 4 N–H and O–H groups in total. The fourth-order valence-corrected chi connectivity index (χ4v) is 9.82. The van der Waals surface area contributed by atoms with Crippen LogP contribution in [0.3, 0.4) is 0 Å². The Kier molecular flexibility index (Phi) is 6.37. The molecular weight excluding hydrogens is 557 g/mol. The summed E-state index contributed by atoms with van der Waals surface area (Å²) in [4.78, 5) is 29.7. The maximum atomic E-state index is 15.3. The van der Waals surface area contributed by atoms with Crippen LogP contribution in [0.15, 0.2) is 30.5 Å². The number of rotatable bonds is 5. The minimum Gasteiger partial charge on any atom is -0.465 e. The largest absolute Gasteiger partial charge is 0.465 e.